The van der Waals surface area contributed by atoms with Gasteiger partial charge in [-0.15, -0.1) is 0 Å². The van der Waals surface area contributed by atoms with Gasteiger partial charge in [-0.25, -0.2) is 8.78 Å². The summed E-state index contributed by atoms with van der Waals surface area (Å²) in [5.74, 6) is -0.638. The lowest BCUT2D eigenvalue weighted by molar-refractivity contribution is -0.128. The van der Waals surface area contributed by atoms with Crippen molar-refractivity contribution < 1.29 is 23.0 Å². The van der Waals surface area contributed by atoms with Crippen molar-refractivity contribution in [2.24, 2.45) is 0 Å². The van der Waals surface area contributed by atoms with E-state index in [0.717, 1.165) is 0 Å². The van der Waals surface area contributed by atoms with Gasteiger partial charge in [0.15, 0.2) is 17.7 Å². The van der Waals surface area contributed by atoms with Crippen LogP contribution >= 0.6 is 0 Å². The van der Waals surface area contributed by atoms with Crippen LogP contribution in [0, 0.1) is 11.6 Å². The van der Waals surface area contributed by atoms with Crippen molar-refractivity contribution in [2.45, 2.75) is 19.4 Å². The maximum absolute atomic E-state index is 13.6. The number of rotatable bonds is 8. The molecule has 0 radical (unpaired) electrons. The van der Waals surface area contributed by atoms with Crippen molar-refractivity contribution in [1.29, 1.82) is 0 Å². The zero-order valence-corrected chi connectivity index (χ0v) is 13.3. The van der Waals surface area contributed by atoms with Crippen LogP contribution in [0.5, 0.6) is 11.5 Å². The molecule has 2 aromatic carbocycles. The van der Waals surface area contributed by atoms with Gasteiger partial charge in [-0.1, -0.05) is 19.1 Å². The van der Waals surface area contributed by atoms with Gasteiger partial charge in [0.1, 0.15) is 18.2 Å². The number of hydrogen-bond donors (Lipinski definition) is 1. The number of nitrogens with one attached hydrogen (secondary N) is 1. The average molecular weight is 335 g/mol. The minimum absolute atomic E-state index is 0.0436. The third-order valence-corrected chi connectivity index (χ3v) is 3.25. The smallest absolute Gasteiger partial charge is 0.261 e. The van der Waals surface area contributed by atoms with Crippen LogP contribution in [0.2, 0.25) is 0 Å². The number of carbonyl (C=O) groups is 1. The second-order valence-electron chi connectivity index (χ2n) is 5.04. The summed E-state index contributed by atoms with van der Waals surface area (Å²) in [7, 11) is 0. The fourth-order valence-electron chi connectivity index (χ4n) is 2.00. The maximum Gasteiger partial charge on any atom is 0.261 e. The summed E-state index contributed by atoms with van der Waals surface area (Å²) >= 11 is 0. The van der Waals surface area contributed by atoms with Crippen molar-refractivity contribution in [3.8, 4) is 11.5 Å². The largest absolute Gasteiger partial charge is 0.492 e. The van der Waals surface area contributed by atoms with E-state index in [4.69, 9.17) is 9.47 Å². The maximum atomic E-state index is 13.6. The van der Waals surface area contributed by atoms with Crippen LogP contribution < -0.4 is 14.8 Å². The Bertz CT molecular complexity index is 662. The van der Waals surface area contributed by atoms with Gasteiger partial charge in [-0.3, -0.25) is 4.79 Å². The van der Waals surface area contributed by atoms with Crippen molar-refractivity contribution in [3.05, 3.63) is 60.2 Å². The number of hydrogen-bond acceptors (Lipinski definition) is 3. The van der Waals surface area contributed by atoms with Gasteiger partial charge < -0.3 is 14.8 Å². The minimum Gasteiger partial charge on any atom is -0.492 e. The van der Waals surface area contributed by atoms with Crippen molar-refractivity contribution in [3.63, 3.8) is 0 Å². The number of carbonyl (C=O) groups excluding carboxylic acids is 1. The van der Waals surface area contributed by atoms with Crippen LogP contribution in [0.3, 0.4) is 0 Å². The van der Waals surface area contributed by atoms with Crippen LogP contribution in [0.1, 0.15) is 13.3 Å². The summed E-state index contributed by atoms with van der Waals surface area (Å²) in [5.41, 5.74) is 0. The highest BCUT2D eigenvalue weighted by molar-refractivity contribution is 5.81. The monoisotopic (exact) mass is 335 g/mol. The number of amides is 1. The molecule has 0 saturated carbocycles. The predicted molar refractivity (Wildman–Crippen MR) is 86.0 cm³/mol. The molecule has 0 heterocycles. The van der Waals surface area contributed by atoms with Crippen LogP contribution in [0.25, 0.3) is 0 Å². The summed E-state index contributed by atoms with van der Waals surface area (Å²) in [5, 5.41) is 2.67. The van der Waals surface area contributed by atoms with Gasteiger partial charge in [0.2, 0.25) is 0 Å². The third-order valence-electron chi connectivity index (χ3n) is 3.25. The Balaban J connectivity index is 1.77. The van der Waals surface area contributed by atoms with Gasteiger partial charge in [-0.05, 0) is 42.8 Å². The first-order valence-electron chi connectivity index (χ1n) is 7.67. The van der Waals surface area contributed by atoms with E-state index >= 15 is 0 Å². The second-order valence-corrected chi connectivity index (χ2v) is 5.04. The van der Waals surface area contributed by atoms with Crippen molar-refractivity contribution in [2.75, 3.05) is 13.2 Å². The molecule has 128 valence electrons. The molecule has 2 aromatic rings. The second kappa shape index (κ2) is 8.86. The predicted octanol–water partition coefficient (Wildman–Crippen LogP) is 3.32. The number of benzene rings is 2. The summed E-state index contributed by atoms with van der Waals surface area (Å²) in [6, 6.07) is 11.5. The molecular formula is C18H19F2NO3. The Morgan fingerprint density at radius 3 is 2.50 bits per heavy atom. The zero-order valence-electron chi connectivity index (χ0n) is 13.3. The highest BCUT2D eigenvalue weighted by atomic mass is 19.1. The molecule has 2 rings (SSSR count). The molecule has 0 spiro atoms. The van der Waals surface area contributed by atoms with E-state index in [1.807, 2.05) is 0 Å². The SMILES string of the molecule is CC[C@H](Oc1ccccc1F)C(=O)NCCOc1ccc(F)cc1. The van der Waals surface area contributed by atoms with E-state index in [1.165, 1.54) is 36.4 Å². The molecule has 0 aliphatic carbocycles. The van der Waals surface area contributed by atoms with E-state index in [1.54, 1.807) is 19.1 Å². The van der Waals surface area contributed by atoms with E-state index in [2.05, 4.69) is 5.32 Å². The Kier molecular flexibility index (Phi) is 6.54. The molecule has 0 bridgehead atoms. The summed E-state index contributed by atoms with van der Waals surface area (Å²) in [6.45, 7) is 2.26. The van der Waals surface area contributed by atoms with Crippen LogP contribution in [0.15, 0.2) is 48.5 Å². The topological polar surface area (TPSA) is 47.6 Å². The summed E-state index contributed by atoms with van der Waals surface area (Å²) < 4.78 is 37.1. The molecule has 1 N–H and O–H groups in total. The molecule has 0 aliphatic rings. The lowest BCUT2D eigenvalue weighted by atomic mass is 10.2. The summed E-state index contributed by atoms with van der Waals surface area (Å²) in [6.07, 6.45) is -0.383. The molecule has 1 atom stereocenters. The lowest BCUT2D eigenvalue weighted by Gasteiger charge is -2.17. The summed E-state index contributed by atoms with van der Waals surface area (Å²) in [4.78, 5) is 12.1. The molecule has 0 aromatic heterocycles. The first-order chi connectivity index (χ1) is 11.6. The molecule has 4 nitrogen and oxygen atoms in total. The third kappa shape index (κ3) is 5.22. The van der Waals surface area contributed by atoms with E-state index in [9.17, 15) is 13.6 Å². The average Bonchev–Trinajstić information content (AvgIpc) is 2.59. The number of para-hydroxylation sites is 1. The molecule has 0 fully saturated rings. The molecule has 24 heavy (non-hydrogen) atoms. The van der Waals surface area contributed by atoms with Crippen molar-refractivity contribution >= 4 is 5.91 Å². The highest BCUT2D eigenvalue weighted by Crippen LogP contribution is 2.18. The van der Waals surface area contributed by atoms with Gasteiger partial charge in [0, 0.05) is 0 Å². The van der Waals surface area contributed by atoms with E-state index in [0.29, 0.717) is 12.2 Å². The fourth-order valence-corrected chi connectivity index (χ4v) is 2.00. The van der Waals surface area contributed by atoms with Crippen LogP contribution in [-0.4, -0.2) is 25.2 Å². The van der Waals surface area contributed by atoms with Gasteiger partial charge in [0.05, 0.1) is 6.54 Å². The van der Waals surface area contributed by atoms with Crippen LogP contribution in [0.4, 0.5) is 8.78 Å². The van der Waals surface area contributed by atoms with Crippen LogP contribution in [-0.2, 0) is 4.79 Å². The highest BCUT2D eigenvalue weighted by Gasteiger charge is 2.19. The number of halogens is 2. The minimum atomic E-state index is -0.785. The Morgan fingerprint density at radius 1 is 1.12 bits per heavy atom. The molecule has 0 saturated heterocycles. The van der Waals surface area contributed by atoms with Gasteiger partial charge in [0.25, 0.3) is 5.91 Å². The van der Waals surface area contributed by atoms with Gasteiger partial charge >= 0.3 is 0 Å². The zero-order chi connectivity index (χ0) is 17.4. The Morgan fingerprint density at radius 2 is 1.83 bits per heavy atom. The Hall–Kier alpha value is -2.63. The van der Waals surface area contributed by atoms with E-state index < -0.39 is 11.9 Å². The first-order valence-corrected chi connectivity index (χ1v) is 7.67. The molecule has 1 amide bonds. The Labute approximate surface area is 139 Å². The molecular weight excluding hydrogens is 316 g/mol. The normalized spacial score (nSPS) is 11.6. The van der Waals surface area contributed by atoms with Crippen molar-refractivity contribution in [1.82, 2.24) is 5.32 Å². The molecule has 6 heteroatoms. The fraction of sp³-hybridized carbons (Fsp3) is 0.278. The van der Waals surface area contributed by atoms with E-state index in [-0.39, 0.29) is 30.6 Å². The standard InChI is InChI=1S/C18H19F2NO3/c1-2-16(24-17-6-4-3-5-15(17)20)18(22)21-11-12-23-14-9-7-13(19)8-10-14/h3-10,16H,2,11-12H2,1H3,(H,21,22)/t16-/m0/s1. The van der Waals surface area contributed by atoms with Gasteiger partial charge in [-0.2, -0.15) is 0 Å². The number of ether oxygens (including phenoxy) is 2. The lowest BCUT2D eigenvalue weighted by Crippen LogP contribution is -2.39. The first kappa shape index (κ1) is 17.7. The molecule has 0 unspecified atom stereocenters. The quantitative estimate of drug-likeness (QED) is 0.753. The molecule has 0 aliphatic heterocycles.